The van der Waals surface area contributed by atoms with Gasteiger partial charge in [0.15, 0.2) is 0 Å². The lowest BCUT2D eigenvalue weighted by atomic mass is 9.89. The summed E-state index contributed by atoms with van der Waals surface area (Å²) in [6.45, 7) is 3.05. The summed E-state index contributed by atoms with van der Waals surface area (Å²) in [4.78, 5) is 0. The fourth-order valence-corrected chi connectivity index (χ4v) is 2.58. The fraction of sp³-hybridized carbons (Fsp3) is 0.417. The molecular weight excluding hydrogens is 236 g/mol. The minimum Gasteiger partial charge on any atom is -0.382 e. The molecule has 2 atom stereocenters. The molecule has 2 heterocycles. The molecule has 0 aromatic heterocycles. The van der Waals surface area contributed by atoms with Gasteiger partial charge in [-0.2, -0.15) is 5.10 Å². The third-order valence-corrected chi connectivity index (χ3v) is 3.70. The minimum absolute atomic E-state index is 0.0136. The van der Waals surface area contributed by atoms with Gasteiger partial charge in [0.2, 0.25) is 0 Å². The van der Waals surface area contributed by atoms with Gasteiger partial charge in [-0.15, -0.1) is 0 Å². The monoisotopic (exact) mass is 250 g/mol. The molecule has 2 aliphatic heterocycles. The maximum absolute atomic E-state index is 6.03. The Hall–Kier alpha value is -1.42. The Balaban J connectivity index is 2.01. The van der Waals surface area contributed by atoms with E-state index in [1.54, 1.807) is 0 Å². The predicted octanol–water partition coefficient (Wildman–Crippen LogP) is 2.44. The summed E-state index contributed by atoms with van der Waals surface area (Å²) < 4.78 is 0. The first-order valence-electron chi connectivity index (χ1n) is 5.66. The molecule has 0 aliphatic carbocycles. The second-order valence-corrected chi connectivity index (χ2v) is 5.35. The molecule has 0 saturated carbocycles. The van der Waals surface area contributed by atoms with E-state index in [0.29, 0.717) is 0 Å². The van der Waals surface area contributed by atoms with E-state index in [2.05, 4.69) is 22.7 Å². The maximum Gasteiger partial charge on any atom is 0.127 e. The molecule has 0 saturated heterocycles. The zero-order valence-corrected chi connectivity index (χ0v) is 10.6. The van der Waals surface area contributed by atoms with E-state index in [4.69, 9.17) is 11.6 Å². The van der Waals surface area contributed by atoms with Crippen LogP contribution in [-0.4, -0.2) is 31.0 Å². The van der Waals surface area contributed by atoms with E-state index in [0.717, 1.165) is 22.9 Å². The van der Waals surface area contributed by atoms with Crippen LogP contribution < -0.4 is 10.6 Å². The first kappa shape index (κ1) is 10.7. The van der Waals surface area contributed by atoms with Crippen LogP contribution in [0.3, 0.4) is 0 Å². The molecule has 17 heavy (non-hydrogen) atoms. The van der Waals surface area contributed by atoms with Crippen molar-refractivity contribution in [3.8, 4) is 0 Å². The van der Waals surface area contributed by atoms with Crippen LogP contribution in [-0.2, 0) is 0 Å². The molecule has 0 amide bonds. The van der Waals surface area contributed by atoms with Crippen LogP contribution in [0.2, 0.25) is 5.02 Å². The molecule has 90 valence electrons. The van der Waals surface area contributed by atoms with Crippen molar-refractivity contribution in [3.05, 3.63) is 23.2 Å². The summed E-state index contributed by atoms with van der Waals surface area (Å²) in [5, 5.41) is 14.0. The van der Waals surface area contributed by atoms with Crippen LogP contribution >= 0.6 is 11.6 Å². The van der Waals surface area contributed by atoms with Gasteiger partial charge in [0.25, 0.3) is 0 Å². The van der Waals surface area contributed by atoms with Crippen molar-refractivity contribution in [3.63, 3.8) is 0 Å². The molecular formula is C12H15ClN4. The minimum atomic E-state index is -0.0136. The number of benzene rings is 1. The number of nitrogens with one attached hydrogen (secondary N) is 2. The number of hydrazone groups is 1. The van der Waals surface area contributed by atoms with Gasteiger partial charge >= 0.3 is 0 Å². The molecule has 2 N–H and O–H groups in total. The molecule has 2 unspecified atom stereocenters. The van der Waals surface area contributed by atoms with Crippen LogP contribution in [0.5, 0.6) is 0 Å². The van der Waals surface area contributed by atoms with Crippen molar-refractivity contribution in [1.82, 2.24) is 5.01 Å². The standard InChI is InChI=1S/C12H15ClN4/c1-12-6-14-9-4-3-8(13)5-10(9)16-11(12)17(2)15-7-12/h3-5,7,11,14,16H,6H2,1-2H3. The van der Waals surface area contributed by atoms with E-state index in [1.165, 1.54) is 0 Å². The van der Waals surface area contributed by atoms with Crippen LogP contribution in [0.4, 0.5) is 11.4 Å². The van der Waals surface area contributed by atoms with E-state index in [1.807, 2.05) is 36.5 Å². The van der Waals surface area contributed by atoms with Crippen molar-refractivity contribution in [2.75, 3.05) is 24.2 Å². The Bertz CT molecular complexity index is 487. The average molecular weight is 251 g/mol. The summed E-state index contributed by atoms with van der Waals surface area (Å²) in [6, 6.07) is 5.85. The first-order chi connectivity index (χ1) is 8.08. The number of hydrogen-bond acceptors (Lipinski definition) is 4. The van der Waals surface area contributed by atoms with Crippen molar-refractivity contribution in [1.29, 1.82) is 0 Å². The molecule has 3 rings (SSSR count). The summed E-state index contributed by atoms with van der Waals surface area (Å²) in [5.41, 5.74) is 2.11. The Morgan fingerprint density at radius 2 is 2.29 bits per heavy atom. The van der Waals surface area contributed by atoms with Gasteiger partial charge in [-0.1, -0.05) is 11.6 Å². The molecule has 0 radical (unpaired) electrons. The topological polar surface area (TPSA) is 39.7 Å². The number of nitrogens with zero attached hydrogens (tertiary/aromatic N) is 2. The maximum atomic E-state index is 6.03. The molecule has 0 fully saturated rings. The average Bonchev–Trinajstić information content (AvgIpc) is 2.50. The Morgan fingerprint density at radius 3 is 3.12 bits per heavy atom. The summed E-state index contributed by atoms with van der Waals surface area (Å²) >= 11 is 6.03. The SMILES string of the molecule is CN1N=CC2(C)CNc3ccc(Cl)cc3NC12. The lowest BCUT2D eigenvalue weighted by Crippen LogP contribution is -2.45. The number of anilines is 2. The number of halogens is 1. The summed E-state index contributed by atoms with van der Waals surface area (Å²) in [7, 11) is 1.98. The predicted molar refractivity (Wildman–Crippen MR) is 71.7 cm³/mol. The summed E-state index contributed by atoms with van der Waals surface area (Å²) in [6.07, 6.45) is 2.17. The fourth-order valence-electron chi connectivity index (χ4n) is 2.41. The van der Waals surface area contributed by atoms with Gasteiger partial charge in [0.05, 0.1) is 16.8 Å². The lowest BCUT2D eigenvalue weighted by molar-refractivity contribution is 0.226. The molecule has 1 aromatic carbocycles. The number of rotatable bonds is 0. The van der Waals surface area contributed by atoms with Crippen molar-refractivity contribution in [2.45, 2.75) is 13.1 Å². The second-order valence-electron chi connectivity index (χ2n) is 4.91. The highest BCUT2D eigenvalue weighted by Crippen LogP contribution is 2.37. The normalized spacial score (nSPS) is 30.1. The van der Waals surface area contributed by atoms with Crippen LogP contribution in [0.15, 0.2) is 23.3 Å². The molecule has 1 aromatic rings. The van der Waals surface area contributed by atoms with Crippen molar-refractivity contribution >= 4 is 29.2 Å². The molecule has 2 aliphatic rings. The quantitative estimate of drug-likeness (QED) is 0.743. The van der Waals surface area contributed by atoms with Gasteiger partial charge < -0.3 is 10.6 Å². The van der Waals surface area contributed by atoms with Crippen molar-refractivity contribution < 1.29 is 0 Å². The molecule has 5 heteroatoms. The van der Waals surface area contributed by atoms with E-state index in [-0.39, 0.29) is 11.6 Å². The molecule has 0 bridgehead atoms. The Labute approximate surface area is 106 Å². The highest BCUT2D eigenvalue weighted by Gasteiger charge is 2.41. The second kappa shape index (κ2) is 3.53. The van der Waals surface area contributed by atoms with E-state index in [9.17, 15) is 0 Å². The first-order valence-corrected chi connectivity index (χ1v) is 6.04. The van der Waals surface area contributed by atoms with Crippen molar-refractivity contribution in [2.24, 2.45) is 10.5 Å². The zero-order valence-electron chi connectivity index (χ0n) is 9.87. The van der Waals surface area contributed by atoms with E-state index >= 15 is 0 Å². The number of fused-ring (bicyclic) bond motifs is 2. The third-order valence-electron chi connectivity index (χ3n) is 3.47. The molecule has 4 nitrogen and oxygen atoms in total. The van der Waals surface area contributed by atoms with E-state index < -0.39 is 0 Å². The zero-order chi connectivity index (χ0) is 12.0. The highest BCUT2D eigenvalue weighted by atomic mass is 35.5. The Morgan fingerprint density at radius 1 is 1.47 bits per heavy atom. The highest BCUT2D eigenvalue weighted by molar-refractivity contribution is 6.31. The van der Waals surface area contributed by atoms with Gasteiger partial charge in [-0.05, 0) is 25.1 Å². The van der Waals surface area contributed by atoms with Gasteiger partial charge in [-0.25, -0.2) is 0 Å². The van der Waals surface area contributed by atoms with Crippen LogP contribution in [0.25, 0.3) is 0 Å². The Kier molecular flexibility index (Phi) is 2.23. The third kappa shape index (κ3) is 1.63. The van der Waals surface area contributed by atoms with Gasteiger partial charge in [0, 0.05) is 24.8 Å². The van der Waals surface area contributed by atoms with Gasteiger partial charge in [0.1, 0.15) is 6.17 Å². The van der Waals surface area contributed by atoms with Gasteiger partial charge in [-0.3, -0.25) is 5.01 Å². The smallest absolute Gasteiger partial charge is 0.127 e. The van der Waals surface area contributed by atoms with Crippen LogP contribution in [0, 0.1) is 5.41 Å². The largest absolute Gasteiger partial charge is 0.382 e. The van der Waals surface area contributed by atoms with Crippen LogP contribution in [0.1, 0.15) is 6.92 Å². The lowest BCUT2D eigenvalue weighted by Gasteiger charge is -2.31. The molecule has 0 spiro atoms. The summed E-state index contributed by atoms with van der Waals surface area (Å²) in [5.74, 6) is 0. The number of hydrogen-bond donors (Lipinski definition) is 2.